The van der Waals surface area contributed by atoms with Crippen molar-refractivity contribution in [1.29, 1.82) is 0 Å². The second-order valence-electron chi connectivity index (χ2n) is 4.39. The van der Waals surface area contributed by atoms with Gasteiger partial charge in [0, 0.05) is 5.38 Å². The van der Waals surface area contributed by atoms with Crippen LogP contribution in [0.3, 0.4) is 0 Å². The summed E-state index contributed by atoms with van der Waals surface area (Å²) in [5.41, 5.74) is 1.52. The van der Waals surface area contributed by atoms with Gasteiger partial charge < -0.3 is 9.84 Å². The standard InChI is InChI=1S/C14H14N2O4S/c1-8-4-3-5-10(13(18)19)12(8)20-6-11(17)16-14-15-9(2)7-21-14/h3-5,7H,6H2,1-2H3,(H,18,19)(H,15,16,17). The summed E-state index contributed by atoms with van der Waals surface area (Å²) in [7, 11) is 0. The smallest absolute Gasteiger partial charge is 0.339 e. The average Bonchev–Trinajstić information content (AvgIpc) is 2.82. The van der Waals surface area contributed by atoms with Crippen molar-refractivity contribution >= 4 is 28.3 Å². The van der Waals surface area contributed by atoms with Crippen molar-refractivity contribution in [2.75, 3.05) is 11.9 Å². The van der Waals surface area contributed by atoms with E-state index in [4.69, 9.17) is 9.84 Å². The molecular formula is C14H14N2O4S. The Bertz CT molecular complexity index is 681. The van der Waals surface area contributed by atoms with Gasteiger partial charge in [-0.2, -0.15) is 0 Å². The zero-order valence-corrected chi connectivity index (χ0v) is 12.4. The van der Waals surface area contributed by atoms with E-state index in [1.807, 2.05) is 12.3 Å². The first-order valence-electron chi connectivity index (χ1n) is 6.15. The van der Waals surface area contributed by atoms with E-state index < -0.39 is 5.97 Å². The molecule has 0 saturated heterocycles. The minimum Gasteiger partial charge on any atom is -0.483 e. The molecule has 0 aliphatic carbocycles. The largest absolute Gasteiger partial charge is 0.483 e. The Labute approximate surface area is 125 Å². The number of anilines is 1. The summed E-state index contributed by atoms with van der Waals surface area (Å²) in [6.07, 6.45) is 0. The lowest BCUT2D eigenvalue weighted by Gasteiger charge is -2.11. The van der Waals surface area contributed by atoms with Crippen LogP contribution in [0.2, 0.25) is 0 Å². The number of rotatable bonds is 5. The third-order valence-corrected chi connectivity index (χ3v) is 3.53. The molecule has 0 spiro atoms. The molecule has 0 saturated carbocycles. The molecule has 1 aromatic heterocycles. The third-order valence-electron chi connectivity index (χ3n) is 2.66. The fourth-order valence-electron chi connectivity index (χ4n) is 1.72. The SMILES string of the molecule is Cc1csc(NC(=O)COc2c(C)cccc2C(=O)O)n1. The Kier molecular flexibility index (Phi) is 4.54. The summed E-state index contributed by atoms with van der Waals surface area (Å²) in [6.45, 7) is 3.28. The van der Waals surface area contributed by atoms with Crippen molar-refractivity contribution in [2.24, 2.45) is 0 Å². The lowest BCUT2D eigenvalue weighted by atomic mass is 10.1. The van der Waals surface area contributed by atoms with Gasteiger partial charge >= 0.3 is 5.97 Å². The molecule has 0 bridgehead atoms. The third kappa shape index (κ3) is 3.79. The number of carboxylic acids is 1. The summed E-state index contributed by atoms with van der Waals surface area (Å²) in [5.74, 6) is -1.27. The first-order chi connectivity index (χ1) is 9.97. The number of ether oxygens (including phenoxy) is 1. The number of thiazole rings is 1. The normalized spacial score (nSPS) is 10.2. The van der Waals surface area contributed by atoms with E-state index in [9.17, 15) is 9.59 Å². The van der Waals surface area contributed by atoms with Gasteiger partial charge in [-0.3, -0.25) is 10.1 Å². The molecule has 0 aliphatic rings. The van der Waals surface area contributed by atoms with Crippen LogP contribution in [0.15, 0.2) is 23.6 Å². The Hall–Kier alpha value is -2.41. The molecule has 2 rings (SSSR count). The maximum absolute atomic E-state index is 11.8. The summed E-state index contributed by atoms with van der Waals surface area (Å²) in [5, 5.41) is 14.0. The van der Waals surface area contributed by atoms with Gasteiger partial charge in [-0.25, -0.2) is 9.78 Å². The van der Waals surface area contributed by atoms with Crippen molar-refractivity contribution in [3.05, 3.63) is 40.4 Å². The molecule has 1 aromatic carbocycles. The monoisotopic (exact) mass is 306 g/mol. The average molecular weight is 306 g/mol. The molecule has 1 heterocycles. The lowest BCUT2D eigenvalue weighted by molar-refractivity contribution is -0.118. The molecule has 7 heteroatoms. The van der Waals surface area contributed by atoms with Gasteiger partial charge in [-0.05, 0) is 25.5 Å². The van der Waals surface area contributed by atoms with Crippen LogP contribution in [0.25, 0.3) is 0 Å². The molecule has 2 aromatic rings. The number of hydrogen-bond donors (Lipinski definition) is 2. The second kappa shape index (κ2) is 6.36. The fourth-order valence-corrected chi connectivity index (χ4v) is 2.42. The second-order valence-corrected chi connectivity index (χ2v) is 5.25. The minimum absolute atomic E-state index is 0.0351. The number of aryl methyl sites for hydroxylation is 2. The molecule has 0 fully saturated rings. The van der Waals surface area contributed by atoms with Crippen molar-refractivity contribution in [3.63, 3.8) is 0 Å². The number of nitrogens with zero attached hydrogens (tertiary/aromatic N) is 1. The number of aromatic nitrogens is 1. The van der Waals surface area contributed by atoms with Crippen molar-refractivity contribution in [3.8, 4) is 5.75 Å². The van der Waals surface area contributed by atoms with Crippen LogP contribution in [0, 0.1) is 13.8 Å². The van der Waals surface area contributed by atoms with E-state index >= 15 is 0 Å². The van der Waals surface area contributed by atoms with Crippen molar-refractivity contribution in [1.82, 2.24) is 4.98 Å². The van der Waals surface area contributed by atoms with Crippen LogP contribution in [0.4, 0.5) is 5.13 Å². The number of benzene rings is 1. The van der Waals surface area contributed by atoms with E-state index in [2.05, 4.69) is 10.3 Å². The van der Waals surface area contributed by atoms with Gasteiger partial charge in [-0.15, -0.1) is 11.3 Å². The van der Waals surface area contributed by atoms with Gasteiger partial charge in [0.25, 0.3) is 5.91 Å². The van der Waals surface area contributed by atoms with Crippen LogP contribution in [-0.4, -0.2) is 28.6 Å². The fraction of sp³-hybridized carbons (Fsp3) is 0.214. The predicted molar refractivity (Wildman–Crippen MR) is 79.1 cm³/mol. The van der Waals surface area contributed by atoms with Crippen LogP contribution >= 0.6 is 11.3 Å². The first kappa shape index (κ1) is 15.0. The Morgan fingerprint density at radius 1 is 1.38 bits per heavy atom. The molecule has 1 amide bonds. The number of carboxylic acid groups (broad SMARTS) is 1. The summed E-state index contributed by atoms with van der Waals surface area (Å²) in [4.78, 5) is 27.0. The molecule has 21 heavy (non-hydrogen) atoms. The number of aromatic carboxylic acids is 1. The Morgan fingerprint density at radius 3 is 2.76 bits per heavy atom. The van der Waals surface area contributed by atoms with E-state index in [1.165, 1.54) is 17.4 Å². The minimum atomic E-state index is -1.09. The molecule has 2 N–H and O–H groups in total. The zero-order valence-electron chi connectivity index (χ0n) is 11.5. The highest BCUT2D eigenvalue weighted by Gasteiger charge is 2.15. The van der Waals surface area contributed by atoms with Crippen LogP contribution in [-0.2, 0) is 4.79 Å². The van der Waals surface area contributed by atoms with E-state index in [1.54, 1.807) is 19.1 Å². The number of para-hydroxylation sites is 1. The number of nitrogens with one attached hydrogen (secondary N) is 1. The topological polar surface area (TPSA) is 88.5 Å². The molecule has 0 atom stereocenters. The molecule has 0 radical (unpaired) electrons. The van der Waals surface area contributed by atoms with Gasteiger partial charge in [0.1, 0.15) is 11.3 Å². The van der Waals surface area contributed by atoms with E-state index in [0.717, 1.165) is 5.69 Å². The number of amides is 1. The van der Waals surface area contributed by atoms with Crippen molar-refractivity contribution < 1.29 is 19.4 Å². The molecular weight excluding hydrogens is 292 g/mol. The van der Waals surface area contributed by atoms with Gasteiger partial charge in [0.05, 0.1) is 5.69 Å². The van der Waals surface area contributed by atoms with Crippen LogP contribution < -0.4 is 10.1 Å². The summed E-state index contributed by atoms with van der Waals surface area (Å²) >= 11 is 1.32. The molecule has 0 aliphatic heterocycles. The Balaban J connectivity index is 2.03. The van der Waals surface area contributed by atoms with Crippen molar-refractivity contribution in [2.45, 2.75) is 13.8 Å². The summed E-state index contributed by atoms with van der Waals surface area (Å²) in [6, 6.07) is 4.79. The maximum Gasteiger partial charge on any atom is 0.339 e. The molecule has 6 nitrogen and oxygen atoms in total. The van der Waals surface area contributed by atoms with Crippen LogP contribution in [0.1, 0.15) is 21.6 Å². The highest BCUT2D eigenvalue weighted by atomic mass is 32.1. The van der Waals surface area contributed by atoms with Gasteiger partial charge in [-0.1, -0.05) is 12.1 Å². The van der Waals surface area contributed by atoms with Gasteiger partial charge in [0.15, 0.2) is 11.7 Å². The maximum atomic E-state index is 11.8. The first-order valence-corrected chi connectivity index (χ1v) is 7.03. The predicted octanol–water partition coefficient (Wildman–Crippen LogP) is 2.48. The van der Waals surface area contributed by atoms with Crippen LogP contribution in [0.5, 0.6) is 5.75 Å². The lowest BCUT2D eigenvalue weighted by Crippen LogP contribution is -2.21. The van der Waals surface area contributed by atoms with E-state index in [-0.39, 0.29) is 23.8 Å². The number of carbonyl (C=O) groups excluding carboxylic acids is 1. The Morgan fingerprint density at radius 2 is 2.14 bits per heavy atom. The number of hydrogen-bond acceptors (Lipinski definition) is 5. The highest BCUT2D eigenvalue weighted by Crippen LogP contribution is 2.23. The van der Waals surface area contributed by atoms with E-state index in [0.29, 0.717) is 10.7 Å². The zero-order chi connectivity index (χ0) is 15.4. The number of carbonyl (C=O) groups is 2. The molecule has 110 valence electrons. The van der Waals surface area contributed by atoms with Gasteiger partial charge in [0.2, 0.25) is 0 Å². The highest BCUT2D eigenvalue weighted by molar-refractivity contribution is 7.13. The quantitative estimate of drug-likeness (QED) is 0.886. The molecule has 0 unspecified atom stereocenters. The summed E-state index contributed by atoms with van der Waals surface area (Å²) < 4.78 is 5.35.